The predicted octanol–water partition coefficient (Wildman–Crippen LogP) is 4.80. The van der Waals surface area contributed by atoms with Gasteiger partial charge in [-0.15, -0.1) is 0 Å². The van der Waals surface area contributed by atoms with Gasteiger partial charge in [0.05, 0.1) is 6.61 Å². The first-order valence-corrected chi connectivity index (χ1v) is 12.5. The minimum atomic E-state index is -0.156. The molecule has 0 radical (unpaired) electrons. The fourth-order valence-corrected chi connectivity index (χ4v) is 5.08. The van der Waals surface area contributed by atoms with Gasteiger partial charge in [0.2, 0.25) is 5.91 Å². The SMILES string of the molecule is COCc1cccc(C(=O)N2CC[C@H](Oc3cccc(Cl)c3)[C@@H](CC(=O)N3CCCCC3)C2)c1. The Labute approximate surface area is 206 Å². The Bertz CT molecular complexity index is 992. The van der Waals surface area contributed by atoms with Crippen LogP contribution in [0.1, 0.15) is 48.0 Å². The van der Waals surface area contributed by atoms with Crippen LogP contribution in [0.3, 0.4) is 0 Å². The van der Waals surface area contributed by atoms with E-state index in [2.05, 4.69) is 0 Å². The van der Waals surface area contributed by atoms with Gasteiger partial charge in [0.15, 0.2) is 0 Å². The van der Waals surface area contributed by atoms with Crippen LogP contribution in [0.15, 0.2) is 48.5 Å². The summed E-state index contributed by atoms with van der Waals surface area (Å²) in [6.45, 7) is 3.16. The number of amides is 2. The topological polar surface area (TPSA) is 59.1 Å². The number of methoxy groups -OCH3 is 1. The third kappa shape index (κ3) is 6.30. The average Bonchev–Trinajstić information content (AvgIpc) is 2.85. The highest BCUT2D eigenvalue weighted by molar-refractivity contribution is 6.30. The highest BCUT2D eigenvalue weighted by Gasteiger charge is 2.36. The number of rotatable bonds is 7. The number of likely N-dealkylation sites (tertiary alicyclic amines) is 2. The highest BCUT2D eigenvalue weighted by Crippen LogP contribution is 2.29. The molecule has 0 aliphatic carbocycles. The van der Waals surface area contributed by atoms with E-state index in [1.165, 1.54) is 6.42 Å². The van der Waals surface area contributed by atoms with Crippen molar-refractivity contribution < 1.29 is 19.1 Å². The number of nitrogens with zero attached hydrogens (tertiary/aromatic N) is 2. The van der Waals surface area contributed by atoms with E-state index in [-0.39, 0.29) is 23.8 Å². The van der Waals surface area contributed by atoms with Crippen molar-refractivity contribution in [2.75, 3.05) is 33.3 Å². The van der Waals surface area contributed by atoms with E-state index in [1.807, 2.05) is 52.3 Å². The van der Waals surface area contributed by atoms with Crippen molar-refractivity contribution in [3.8, 4) is 5.75 Å². The molecule has 0 unspecified atom stereocenters. The molecule has 182 valence electrons. The van der Waals surface area contributed by atoms with Crippen LogP contribution in [0, 0.1) is 5.92 Å². The number of hydrogen-bond acceptors (Lipinski definition) is 4. The van der Waals surface area contributed by atoms with Crippen LogP contribution in [-0.4, -0.2) is 61.0 Å². The van der Waals surface area contributed by atoms with Gasteiger partial charge in [-0.2, -0.15) is 0 Å². The smallest absolute Gasteiger partial charge is 0.253 e. The molecule has 0 aromatic heterocycles. The van der Waals surface area contributed by atoms with E-state index in [4.69, 9.17) is 21.1 Å². The van der Waals surface area contributed by atoms with Gasteiger partial charge in [-0.1, -0.05) is 29.8 Å². The summed E-state index contributed by atoms with van der Waals surface area (Å²) < 4.78 is 11.5. The van der Waals surface area contributed by atoms with Crippen LogP contribution in [0.2, 0.25) is 5.02 Å². The second-order valence-corrected chi connectivity index (χ2v) is 9.63. The maximum atomic E-state index is 13.3. The van der Waals surface area contributed by atoms with Crippen LogP contribution in [-0.2, 0) is 16.1 Å². The maximum Gasteiger partial charge on any atom is 0.253 e. The quantitative estimate of drug-likeness (QED) is 0.566. The first kappa shape index (κ1) is 24.6. The lowest BCUT2D eigenvalue weighted by molar-refractivity contribution is -0.134. The lowest BCUT2D eigenvalue weighted by Crippen LogP contribution is -2.50. The Kier molecular flexibility index (Phi) is 8.46. The molecule has 0 bridgehead atoms. The van der Waals surface area contributed by atoms with E-state index in [9.17, 15) is 9.59 Å². The van der Waals surface area contributed by atoms with Gasteiger partial charge < -0.3 is 19.3 Å². The number of hydrogen-bond donors (Lipinski definition) is 0. The fraction of sp³-hybridized carbons (Fsp3) is 0.481. The molecular formula is C27H33ClN2O4. The zero-order valence-corrected chi connectivity index (χ0v) is 20.5. The summed E-state index contributed by atoms with van der Waals surface area (Å²) in [5.74, 6) is 0.739. The average molecular weight is 485 g/mol. The Balaban J connectivity index is 1.49. The van der Waals surface area contributed by atoms with Crippen molar-refractivity contribution in [1.29, 1.82) is 0 Å². The first-order chi connectivity index (χ1) is 16.5. The van der Waals surface area contributed by atoms with Gasteiger partial charge in [0.25, 0.3) is 5.91 Å². The first-order valence-electron chi connectivity index (χ1n) is 12.1. The van der Waals surface area contributed by atoms with E-state index in [0.717, 1.165) is 31.5 Å². The van der Waals surface area contributed by atoms with E-state index >= 15 is 0 Å². The molecule has 34 heavy (non-hydrogen) atoms. The van der Waals surface area contributed by atoms with Crippen molar-refractivity contribution in [1.82, 2.24) is 9.80 Å². The molecular weight excluding hydrogens is 452 g/mol. The zero-order chi connectivity index (χ0) is 23.9. The third-order valence-electron chi connectivity index (χ3n) is 6.67. The van der Waals surface area contributed by atoms with Gasteiger partial charge in [0.1, 0.15) is 11.9 Å². The molecule has 2 atom stereocenters. The predicted molar refractivity (Wildman–Crippen MR) is 132 cm³/mol. The van der Waals surface area contributed by atoms with Crippen LogP contribution in [0.4, 0.5) is 0 Å². The summed E-state index contributed by atoms with van der Waals surface area (Å²) >= 11 is 6.15. The molecule has 2 aromatic rings. The number of ether oxygens (including phenoxy) is 2. The summed E-state index contributed by atoms with van der Waals surface area (Å²) in [6.07, 6.45) is 4.17. The molecule has 2 amide bonds. The molecule has 2 aliphatic rings. The standard InChI is InChI=1S/C27H33ClN2O4/c1-33-19-20-7-5-8-21(15-20)27(32)30-14-11-25(34-24-10-6-9-23(28)17-24)22(18-30)16-26(31)29-12-3-2-4-13-29/h5-10,15,17,22,25H,2-4,11-14,16,18-19H2,1H3/t22-,25-/m0/s1. The monoisotopic (exact) mass is 484 g/mol. The fourth-order valence-electron chi connectivity index (χ4n) is 4.90. The highest BCUT2D eigenvalue weighted by atomic mass is 35.5. The number of carbonyl (C=O) groups excluding carboxylic acids is 2. The van der Waals surface area contributed by atoms with Gasteiger partial charge in [-0.05, 0) is 55.2 Å². The minimum absolute atomic E-state index is 0.0189. The van der Waals surface area contributed by atoms with Crippen LogP contribution < -0.4 is 4.74 Å². The molecule has 2 fully saturated rings. The molecule has 2 aromatic carbocycles. The number of piperidine rings is 2. The van der Waals surface area contributed by atoms with Gasteiger partial charge in [-0.3, -0.25) is 9.59 Å². The van der Waals surface area contributed by atoms with Crippen LogP contribution >= 0.6 is 11.6 Å². The van der Waals surface area contributed by atoms with Crippen molar-refractivity contribution >= 4 is 23.4 Å². The molecule has 0 N–H and O–H groups in total. The van der Waals surface area contributed by atoms with Gasteiger partial charge >= 0.3 is 0 Å². The molecule has 7 heteroatoms. The Morgan fingerprint density at radius 1 is 1.00 bits per heavy atom. The number of halogens is 1. The maximum absolute atomic E-state index is 13.3. The molecule has 2 saturated heterocycles. The minimum Gasteiger partial charge on any atom is -0.490 e. The van der Waals surface area contributed by atoms with Crippen molar-refractivity contribution in [2.24, 2.45) is 5.92 Å². The largest absolute Gasteiger partial charge is 0.490 e. The summed E-state index contributed by atoms with van der Waals surface area (Å²) in [6, 6.07) is 14.9. The second-order valence-electron chi connectivity index (χ2n) is 9.19. The second kappa shape index (κ2) is 11.7. The Hall–Kier alpha value is -2.57. The number of benzene rings is 2. The van der Waals surface area contributed by atoms with Crippen molar-refractivity contribution in [2.45, 2.75) is 44.8 Å². The molecule has 4 rings (SSSR count). The lowest BCUT2D eigenvalue weighted by atomic mass is 9.90. The molecule has 0 spiro atoms. The summed E-state index contributed by atoms with van der Waals surface area (Å²) in [5.41, 5.74) is 1.61. The molecule has 2 heterocycles. The lowest BCUT2D eigenvalue weighted by Gasteiger charge is -2.39. The normalized spacial score (nSPS) is 20.8. The van der Waals surface area contributed by atoms with Gasteiger partial charge in [0, 0.05) is 62.6 Å². The van der Waals surface area contributed by atoms with Crippen molar-refractivity contribution in [3.05, 3.63) is 64.7 Å². The van der Waals surface area contributed by atoms with E-state index < -0.39 is 0 Å². The molecule has 6 nitrogen and oxygen atoms in total. The summed E-state index contributed by atoms with van der Waals surface area (Å²) in [7, 11) is 1.64. The molecule has 2 aliphatic heterocycles. The zero-order valence-electron chi connectivity index (χ0n) is 19.7. The van der Waals surface area contributed by atoms with Gasteiger partial charge in [-0.25, -0.2) is 0 Å². The Morgan fingerprint density at radius 3 is 2.56 bits per heavy atom. The summed E-state index contributed by atoms with van der Waals surface area (Å²) in [5, 5.41) is 0.613. The third-order valence-corrected chi connectivity index (χ3v) is 6.90. The van der Waals surface area contributed by atoms with E-state index in [1.54, 1.807) is 13.2 Å². The van der Waals surface area contributed by atoms with E-state index in [0.29, 0.717) is 48.9 Å². The Morgan fingerprint density at radius 2 is 1.79 bits per heavy atom. The van der Waals surface area contributed by atoms with Crippen LogP contribution in [0.25, 0.3) is 0 Å². The summed E-state index contributed by atoms with van der Waals surface area (Å²) in [4.78, 5) is 30.3. The molecule has 0 saturated carbocycles. The van der Waals surface area contributed by atoms with Crippen LogP contribution in [0.5, 0.6) is 5.75 Å². The number of carbonyl (C=O) groups is 2. The van der Waals surface area contributed by atoms with Crippen molar-refractivity contribution in [3.63, 3.8) is 0 Å².